The van der Waals surface area contributed by atoms with Crippen LogP contribution in [0.4, 0.5) is 0 Å². The Hall–Kier alpha value is -0.730. The number of hydrogen-bond acceptors (Lipinski definition) is 1. The standard InChI is InChI=1S/C15H15BrS/c1-12-3-2-4-14(9-12)11-17-10-13-5-7-15(16)8-6-13/h2-9H,10-11H2,1H3. The number of hydrogen-bond donors (Lipinski definition) is 0. The third-order valence-corrected chi connectivity index (χ3v) is 4.14. The first-order valence-electron chi connectivity index (χ1n) is 5.62. The lowest BCUT2D eigenvalue weighted by Gasteiger charge is -2.03. The summed E-state index contributed by atoms with van der Waals surface area (Å²) < 4.78 is 1.14. The Morgan fingerprint density at radius 1 is 0.941 bits per heavy atom. The van der Waals surface area contributed by atoms with Crippen LogP contribution in [0.1, 0.15) is 16.7 Å². The zero-order chi connectivity index (χ0) is 12.1. The van der Waals surface area contributed by atoms with Gasteiger partial charge in [0.05, 0.1) is 0 Å². The van der Waals surface area contributed by atoms with E-state index < -0.39 is 0 Å². The van der Waals surface area contributed by atoms with E-state index in [1.54, 1.807) is 0 Å². The van der Waals surface area contributed by atoms with Crippen LogP contribution in [0.15, 0.2) is 53.0 Å². The molecule has 2 aromatic carbocycles. The Kier molecular flexibility index (Phi) is 4.69. The van der Waals surface area contributed by atoms with Crippen molar-refractivity contribution in [1.82, 2.24) is 0 Å². The number of thioether (sulfide) groups is 1. The molecule has 2 heteroatoms. The highest BCUT2D eigenvalue weighted by Gasteiger charge is 1.96. The van der Waals surface area contributed by atoms with Crippen molar-refractivity contribution in [2.24, 2.45) is 0 Å². The molecular formula is C15H15BrS. The van der Waals surface area contributed by atoms with Gasteiger partial charge >= 0.3 is 0 Å². The summed E-state index contributed by atoms with van der Waals surface area (Å²) in [7, 11) is 0. The zero-order valence-electron chi connectivity index (χ0n) is 9.82. The third kappa shape index (κ3) is 4.21. The molecule has 0 saturated carbocycles. The number of halogens is 1. The first kappa shape index (κ1) is 12.7. The van der Waals surface area contributed by atoms with E-state index in [2.05, 4.69) is 71.4 Å². The molecule has 0 atom stereocenters. The lowest BCUT2D eigenvalue weighted by molar-refractivity contribution is 1.33. The van der Waals surface area contributed by atoms with Gasteiger partial charge in [0, 0.05) is 16.0 Å². The molecule has 0 aliphatic rings. The lowest BCUT2D eigenvalue weighted by atomic mass is 10.2. The highest BCUT2D eigenvalue weighted by Crippen LogP contribution is 2.19. The van der Waals surface area contributed by atoms with E-state index in [1.807, 2.05) is 11.8 Å². The van der Waals surface area contributed by atoms with Crippen molar-refractivity contribution in [1.29, 1.82) is 0 Å². The van der Waals surface area contributed by atoms with Crippen LogP contribution < -0.4 is 0 Å². The van der Waals surface area contributed by atoms with Crippen LogP contribution in [0.2, 0.25) is 0 Å². The quantitative estimate of drug-likeness (QED) is 0.749. The van der Waals surface area contributed by atoms with Crippen molar-refractivity contribution in [2.75, 3.05) is 0 Å². The molecule has 0 bridgehead atoms. The minimum Gasteiger partial charge on any atom is -0.152 e. The first-order valence-corrected chi connectivity index (χ1v) is 7.56. The summed E-state index contributed by atoms with van der Waals surface area (Å²) in [4.78, 5) is 0. The molecule has 2 aromatic rings. The smallest absolute Gasteiger partial charge is 0.0188 e. The molecule has 0 radical (unpaired) electrons. The molecule has 0 fully saturated rings. The highest BCUT2D eigenvalue weighted by atomic mass is 79.9. The summed E-state index contributed by atoms with van der Waals surface area (Å²) in [6.45, 7) is 2.14. The van der Waals surface area contributed by atoms with Crippen LogP contribution in [0.5, 0.6) is 0 Å². The molecule has 0 aliphatic heterocycles. The highest BCUT2D eigenvalue weighted by molar-refractivity contribution is 9.10. The summed E-state index contributed by atoms with van der Waals surface area (Å²) in [6, 6.07) is 17.3. The normalized spacial score (nSPS) is 10.5. The van der Waals surface area contributed by atoms with E-state index in [1.165, 1.54) is 16.7 Å². The van der Waals surface area contributed by atoms with Crippen molar-refractivity contribution in [2.45, 2.75) is 18.4 Å². The fraction of sp³-hybridized carbons (Fsp3) is 0.200. The average molecular weight is 307 g/mol. The summed E-state index contributed by atoms with van der Waals surface area (Å²) in [6.07, 6.45) is 0. The molecule has 0 amide bonds. The molecule has 2 rings (SSSR count). The van der Waals surface area contributed by atoms with Gasteiger partial charge in [-0.25, -0.2) is 0 Å². The van der Waals surface area contributed by atoms with Crippen LogP contribution in [0.3, 0.4) is 0 Å². The van der Waals surface area contributed by atoms with E-state index >= 15 is 0 Å². The summed E-state index contributed by atoms with van der Waals surface area (Å²) in [5.41, 5.74) is 4.13. The second-order valence-corrected chi connectivity index (χ2v) is 6.01. The van der Waals surface area contributed by atoms with Gasteiger partial charge in [0.2, 0.25) is 0 Å². The Bertz CT molecular complexity index is 477. The molecule has 0 saturated heterocycles. The SMILES string of the molecule is Cc1cccc(CSCc2ccc(Br)cc2)c1. The molecule has 0 aromatic heterocycles. The minimum atomic E-state index is 1.07. The number of rotatable bonds is 4. The molecule has 0 nitrogen and oxygen atoms in total. The summed E-state index contributed by atoms with van der Waals surface area (Å²) in [5, 5.41) is 0. The Morgan fingerprint density at radius 3 is 2.35 bits per heavy atom. The molecule has 88 valence electrons. The van der Waals surface area contributed by atoms with E-state index in [9.17, 15) is 0 Å². The van der Waals surface area contributed by atoms with Gasteiger partial charge in [0.15, 0.2) is 0 Å². The van der Waals surface area contributed by atoms with Gasteiger partial charge in [-0.3, -0.25) is 0 Å². The molecule has 0 unspecified atom stereocenters. The molecule has 0 N–H and O–H groups in total. The second kappa shape index (κ2) is 6.27. The Labute approximate surface area is 116 Å². The maximum Gasteiger partial charge on any atom is 0.0188 e. The fourth-order valence-corrected chi connectivity index (χ4v) is 2.88. The van der Waals surface area contributed by atoms with Crippen molar-refractivity contribution >= 4 is 27.7 Å². The molecule has 0 heterocycles. The summed E-state index contributed by atoms with van der Waals surface area (Å²) >= 11 is 5.41. The predicted octanol–water partition coefficient (Wildman–Crippen LogP) is 5.19. The van der Waals surface area contributed by atoms with Crippen molar-refractivity contribution < 1.29 is 0 Å². The molecule has 0 aliphatic carbocycles. The monoisotopic (exact) mass is 306 g/mol. The fourth-order valence-electron chi connectivity index (χ4n) is 1.67. The van der Waals surface area contributed by atoms with Crippen LogP contribution >= 0.6 is 27.7 Å². The van der Waals surface area contributed by atoms with Gasteiger partial charge < -0.3 is 0 Å². The first-order chi connectivity index (χ1) is 8.24. The van der Waals surface area contributed by atoms with Gasteiger partial charge in [-0.2, -0.15) is 11.8 Å². The number of benzene rings is 2. The lowest BCUT2D eigenvalue weighted by Crippen LogP contribution is -1.84. The largest absolute Gasteiger partial charge is 0.152 e. The van der Waals surface area contributed by atoms with Crippen molar-refractivity contribution in [3.8, 4) is 0 Å². The van der Waals surface area contributed by atoms with Crippen LogP contribution in [0, 0.1) is 6.92 Å². The Balaban J connectivity index is 1.85. The average Bonchev–Trinajstić information content (AvgIpc) is 2.32. The predicted molar refractivity (Wildman–Crippen MR) is 80.3 cm³/mol. The van der Waals surface area contributed by atoms with Crippen LogP contribution in [0.25, 0.3) is 0 Å². The van der Waals surface area contributed by atoms with E-state index in [0.717, 1.165) is 16.0 Å². The van der Waals surface area contributed by atoms with Gasteiger partial charge in [-0.05, 0) is 30.2 Å². The van der Waals surface area contributed by atoms with E-state index in [0.29, 0.717) is 0 Å². The van der Waals surface area contributed by atoms with E-state index in [4.69, 9.17) is 0 Å². The summed E-state index contributed by atoms with van der Waals surface area (Å²) in [5.74, 6) is 2.15. The van der Waals surface area contributed by atoms with Crippen molar-refractivity contribution in [3.05, 3.63) is 69.7 Å². The van der Waals surface area contributed by atoms with Crippen LogP contribution in [-0.2, 0) is 11.5 Å². The van der Waals surface area contributed by atoms with Gasteiger partial charge in [-0.1, -0.05) is 57.9 Å². The Morgan fingerprint density at radius 2 is 1.65 bits per heavy atom. The van der Waals surface area contributed by atoms with E-state index in [-0.39, 0.29) is 0 Å². The molecule has 17 heavy (non-hydrogen) atoms. The maximum atomic E-state index is 3.45. The molecular weight excluding hydrogens is 292 g/mol. The van der Waals surface area contributed by atoms with Gasteiger partial charge in [0.25, 0.3) is 0 Å². The molecule has 0 spiro atoms. The maximum absolute atomic E-state index is 3.45. The number of aryl methyl sites for hydroxylation is 1. The second-order valence-electron chi connectivity index (χ2n) is 4.11. The minimum absolute atomic E-state index is 1.07. The van der Waals surface area contributed by atoms with Gasteiger partial charge in [0.1, 0.15) is 0 Å². The third-order valence-electron chi connectivity index (χ3n) is 2.53. The topological polar surface area (TPSA) is 0 Å². The zero-order valence-corrected chi connectivity index (χ0v) is 12.2. The van der Waals surface area contributed by atoms with Crippen molar-refractivity contribution in [3.63, 3.8) is 0 Å². The van der Waals surface area contributed by atoms with Gasteiger partial charge in [-0.15, -0.1) is 0 Å². The van der Waals surface area contributed by atoms with Crippen LogP contribution in [-0.4, -0.2) is 0 Å².